The molecule has 4 unspecified atom stereocenters. The SMILES string of the molecule is C=CC(O)C1CC2CCC1(C)C(=O)C2(C)C. The van der Waals surface area contributed by atoms with Gasteiger partial charge in [-0.2, -0.15) is 0 Å². The van der Waals surface area contributed by atoms with Crippen LogP contribution < -0.4 is 0 Å². The van der Waals surface area contributed by atoms with Gasteiger partial charge in [-0.3, -0.25) is 4.79 Å². The summed E-state index contributed by atoms with van der Waals surface area (Å²) in [6, 6.07) is 0. The monoisotopic (exact) mass is 222 g/mol. The molecule has 0 aromatic heterocycles. The van der Waals surface area contributed by atoms with Gasteiger partial charge in [0, 0.05) is 16.7 Å². The molecule has 3 aliphatic carbocycles. The van der Waals surface area contributed by atoms with Crippen LogP contribution in [0.4, 0.5) is 0 Å². The summed E-state index contributed by atoms with van der Waals surface area (Å²) in [5, 5.41) is 9.99. The predicted molar refractivity (Wildman–Crippen MR) is 63.9 cm³/mol. The molecule has 3 saturated carbocycles. The quantitative estimate of drug-likeness (QED) is 0.729. The fourth-order valence-electron chi connectivity index (χ4n) is 3.88. The van der Waals surface area contributed by atoms with Gasteiger partial charge in [0.25, 0.3) is 0 Å². The predicted octanol–water partition coefficient (Wildman–Crippen LogP) is 2.56. The van der Waals surface area contributed by atoms with E-state index in [1.54, 1.807) is 6.08 Å². The Hall–Kier alpha value is -0.630. The van der Waals surface area contributed by atoms with Crippen molar-refractivity contribution in [2.75, 3.05) is 0 Å². The van der Waals surface area contributed by atoms with Gasteiger partial charge < -0.3 is 5.11 Å². The van der Waals surface area contributed by atoms with Crippen LogP contribution in [0, 0.1) is 22.7 Å². The van der Waals surface area contributed by atoms with E-state index >= 15 is 0 Å². The molecule has 0 spiro atoms. The topological polar surface area (TPSA) is 37.3 Å². The highest BCUT2D eigenvalue weighted by molar-refractivity contribution is 5.91. The van der Waals surface area contributed by atoms with E-state index in [2.05, 4.69) is 20.4 Å². The molecule has 2 bridgehead atoms. The molecule has 2 heteroatoms. The normalized spacial score (nSPS) is 43.1. The Bertz CT molecular complexity index is 332. The number of rotatable bonds is 2. The highest BCUT2D eigenvalue weighted by Gasteiger charge is 2.60. The number of hydrogen-bond donors (Lipinski definition) is 1. The van der Waals surface area contributed by atoms with Crippen LogP contribution in [0.25, 0.3) is 0 Å². The second-order valence-corrected chi connectivity index (χ2v) is 6.27. The molecule has 0 radical (unpaired) electrons. The van der Waals surface area contributed by atoms with E-state index in [1.807, 2.05) is 6.92 Å². The van der Waals surface area contributed by atoms with Crippen LogP contribution in [-0.2, 0) is 4.79 Å². The summed E-state index contributed by atoms with van der Waals surface area (Å²) in [6.45, 7) is 9.81. The average molecular weight is 222 g/mol. The Morgan fingerprint density at radius 3 is 2.69 bits per heavy atom. The molecule has 0 saturated heterocycles. The third kappa shape index (κ3) is 1.32. The van der Waals surface area contributed by atoms with Crippen LogP contribution in [0.1, 0.15) is 40.0 Å². The van der Waals surface area contributed by atoms with Crippen LogP contribution in [0.2, 0.25) is 0 Å². The van der Waals surface area contributed by atoms with E-state index in [1.165, 1.54) is 0 Å². The Balaban J connectivity index is 2.38. The summed E-state index contributed by atoms with van der Waals surface area (Å²) in [7, 11) is 0. The van der Waals surface area contributed by atoms with E-state index < -0.39 is 6.10 Å². The second kappa shape index (κ2) is 3.43. The van der Waals surface area contributed by atoms with Crippen molar-refractivity contribution < 1.29 is 9.90 Å². The summed E-state index contributed by atoms with van der Waals surface area (Å²) < 4.78 is 0. The molecule has 0 aromatic carbocycles. The number of ketones is 1. The zero-order chi connectivity index (χ0) is 12.1. The van der Waals surface area contributed by atoms with Gasteiger partial charge in [-0.25, -0.2) is 0 Å². The van der Waals surface area contributed by atoms with Crippen LogP contribution >= 0.6 is 0 Å². The van der Waals surface area contributed by atoms with Crippen LogP contribution in [-0.4, -0.2) is 17.0 Å². The van der Waals surface area contributed by atoms with Crippen LogP contribution in [0.3, 0.4) is 0 Å². The van der Waals surface area contributed by atoms with Crippen LogP contribution in [0.15, 0.2) is 12.7 Å². The van der Waals surface area contributed by atoms with Gasteiger partial charge in [-0.1, -0.05) is 26.8 Å². The first-order valence-corrected chi connectivity index (χ1v) is 6.19. The minimum Gasteiger partial charge on any atom is -0.389 e. The van der Waals surface area contributed by atoms with Gasteiger partial charge in [-0.15, -0.1) is 6.58 Å². The van der Waals surface area contributed by atoms with Crippen molar-refractivity contribution >= 4 is 5.78 Å². The number of carbonyl (C=O) groups excluding carboxylic acids is 1. The number of hydrogen-bond acceptors (Lipinski definition) is 2. The van der Waals surface area contributed by atoms with Crippen molar-refractivity contribution in [2.24, 2.45) is 22.7 Å². The number of fused-ring (bicyclic) bond motifs is 3. The molecular formula is C14H22O2. The number of aliphatic hydroxyl groups is 1. The Morgan fingerprint density at radius 1 is 1.50 bits per heavy atom. The molecule has 1 N–H and O–H groups in total. The number of carbonyl (C=O) groups is 1. The van der Waals surface area contributed by atoms with Gasteiger partial charge in [0.15, 0.2) is 0 Å². The number of Topliss-reactive ketones (excluding diaryl/α,β-unsaturated/α-hetero) is 1. The largest absolute Gasteiger partial charge is 0.389 e. The molecule has 0 heterocycles. The van der Waals surface area contributed by atoms with E-state index in [0.717, 1.165) is 19.3 Å². The van der Waals surface area contributed by atoms with Crippen LogP contribution in [0.5, 0.6) is 0 Å². The van der Waals surface area contributed by atoms with Gasteiger partial charge in [0.05, 0.1) is 6.10 Å². The molecule has 0 aliphatic heterocycles. The fourth-order valence-corrected chi connectivity index (χ4v) is 3.88. The Labute approximate surface area is 97.7 Å². The first-order valence-electron chi connectivity index (χ1n) is 6.19. The second-order valence-electron chi connectivity index (χ2n) is 6.27. The summed E-state index contributed by atoms with van der Waals surface area (Å²) >= 11 is 0. The lowest BCUT2D eigenvalue weighted by Crippen LogP contribution is -2.59. The lowest BCUT2D eigenvalue weighted by atomic mass is 9.46. The van der Waals surface area contributed by atoms with Crippen molar-refractivity contribution in [1.82, 2.24) is 0 Å². The number of aliphatic hydroxyl groups excluding tert-OH is 1. The smallest absolute Gasteiger partial charge is 0.144 e. The molecule has 0 amide bonds. The average Bonchev–Trinajstić information content (AvgIpc) is 2.25. The summed E-state index contributed by atoms with van der Waals surface area (Å²) in [5.41, 5.74) is -0.545. The van der Waals surface area contributed by atoms with E-state index in [0.29, 0.717) is 11.7 Å². The van der Waals surface area contributed by atoms with Gasteiger partial charge >= 0.3 is 0 Å². The van der Waals surface area contributed by atoms with Crippen molar-refractivity contribution in [1.29, 1.82) is 0 Å². The highest BCUT2D eigenvalue weighted by atomic mass is 16.3. The lowest BCUT2D eigenvalue weighted by Gasteiger charge is -2.57. The molecule has 4 atom stereocenters. The minimum absolute atomic E-state index is 0.0734. The molecular weight excluding hydrogens is 200 g/mol. The lowest BCUT2D eigenvalue weighted by molar-refractivity contribution is -0.166. The maximum absolute atomic E-state index is 12.5. The fraction of sp³-hybridized carbons (Fsp3) is 0.786. The molecule has 16 heavy (non-hydrogen) atoms. The van der Waals surface area contributed by atoms with Crippen molar-refractivity contribution in [2.45, 2.75) is 46.1 Å². The molecule has 3 fully saturated rings. The van der Waals surface area contributed by atoms with Gasteiger partial charge in [0.2, 0.25) is 0 Å². The molecule has 3 aliphatic rings. The van der Waals surface area contributed by atoms with Crippen molar-refractivity contribution in [3.8, 4) is 0 Å². The third-order valence-electron chi connectivity index (χ3n) is 5.15. The van der Waals surface area contributed by atoms with E-state index in [9.17, 15) is 9.90 Å². The molecule has 0 aromatic rings. The van der Waals surface area contributed by atoms with Crippen molar-refractivity contribution in [3.05, 3.63) is 12.7 Å². The van der Waals surface area contributed by atoms with E-state index in [4.69, 9.17) is 0 Å². The van der Waals surface area contributed by atoms with Gasteiger partial charge in [-0.05, 0) is 25.2 Å². The first kappa shape index (κ1) is 11.8. The summed E-state index contributed by atoms with van der Waals surface area (Å²) in [4.78, 5) is 12.5. The highest BCUT2D eigenvalue weighted by Crippen LogP contribution is 2.59. The zero-order valence-corrected chi connectivity index (χ0v) is 10.5. The van der Waals surface area contributed by atoms with Gasteiger partial charge in [0.1, 0.15) is 5.78 Å². The standard InChI is InChI=1S/C14H22O2/c1-5-11(15)10-8-9-6-7-14(10,4)12(16)13(9,2)3/h5,9-11,15H,1,6-8H2,2-4H3. The third-order valence-corrected chi connectivity index (χ3v) is 5.15. The first-order chi connectivity index (χ1) is 7.34. The molecule has 90 valence electrons. The Kier molecular flexibility index (Phi) is 2.54. The summed E-state index contributed by atoms with van der Waals surface area (Å²) in [5.74, 6) is 0.846. The summed E-state index contributed by atoms with van der Waals surface area (Å²) in [6.07, 6.45) is 4.05. The minimum atomic E-state index is -0.534. The Morgan fingerprint density at radius 2 is 2.12 bits per heavy atom. The van der Waals surface area contributed by atoms with E-state index in [-0.39, 0.29) is 16.7 Å². The molecule has 3 rings (SSSR count). The zero-order valence-electron chi connectivity index (χ0n) is 10.5. The maximum atomic E-state index is 12.5. The maximum Gasteiger partial charge on any atom is 0.144 e. The molecule has 2 nitrogen and oxygen atoms in total. The van der Waals surface area contributed by atoms with Crippen molar-refractivity contribution in [3.63, 3.8) is 0 Å².